The lowest BCUT2D eigenvalue weighted by atomic mass is 9.86. The first-order valence-electron chi connectivity index (χ1n) is 7.66. The summed E-state index contributed by atoms with van der Waals surface area (Å²) in [5, 5.41) is 3.29. The van der Waals surface area contributed by atoms with Gasteiger partial charge in [-0.05, 0) is 54.2 Å². The number of benzene rings is 1. The largest absolute Gasteiger partial charge is 0.460 e. The first-order chi connectivity index (χ1) is 10.3. The molecule has 21 heavy (non-hydrogen) atoms. The summed E-state index contributed by atoms with van der Waals surface area (Å²) in [4.78, 5) is 14.7. The molecule has 1 atom stereocenters. The molecule has 0 amide bonds. The number of ether oxygens (including phenoxy) is 1. The number of hydrogen-bond acceptors (Lipinski definition) is 4. The van der Waals surface area contributed by atoms with Crippen molar-refractivity contribution >= 4 is 27.4 Å². The van der Waals surface area contributed by atoms with E-state index in [1.54, 1.807) is 11.3 Å². The molecule has 0 radical (unpaired) electrons. The smallest absolute Gasteiger partial charge is 0.310 e. The Morgan fingerprint density at radius 1 is 1.29 bits per heavy atom. The van der Waals surface area contributed by atoms with Crippen molar-refractivity contribution in [2.75, 3.05) is 19.6 Å². The van der Waals surface area contributed by atoms with Crippen molar-refractivity contribution < 1.29 is 9.53 Å². The standard InChI is InChI=1S/C17H19NO2S/c19-16(20-15-11-18-7-4-12(15)5-8-18)10-14-3-1-2-13-6-9-21-17(13)14/h1-3,6,9,12,15H,4-5,7-8,10-11H2/t15-/m0/s1. The van der Waals surface area contributed by atoms with Crippen molar-refractivity contribution in [1.82, 2.24) is 4.90 Å². The number of hydrogen-bond donors (Lipinski definition) is 0. The number of nitrogens with zero attached hydrogens (tertiary/aromatic N) is 1. The van der Waals surface area contributed by atoms with Gasteiger partial charge in [0.1, 0.15) is 6.10 Å². The quantitative estimate of drug-likeness (QED) is 0.816. The summed E-state index contributed by atoms with van der Waals surface area (Å²) in [5.41, 5.74) is 1.09. The van der Waals surface area contributed by atoms with E-state index in [0.29, 0.717) is 12.3 Å². The van der Waals surface area contributed by atoms with Gasteiger partial charge in [0.15, 0.2) is 0 Å². The van der Waals surface area contributed by atoms with Crippen LogP contribution >= 0.6 is 11.3 Å². The van der Waals surface area contributed by atoms with E-state index in [-0.39, 0.29) is 12.1 Å². The monoisotopic (exact) mass is 301 g/mol. The van der Waals surface area contributed by atoms with E-state index in [9.17, 15) is 4.79 Å². The molecule has 0 spiro atoms. The molecule has 0 saturated carbocycles. The summed E-state index contributed by atoms with van der Waals surface area (Å²) < 4.78 is 6.99. The van der Waals surface area contributed by atoms with E-state index in [0.717, 1.165) is 12.1 Å². The van der Waals surface area contributed by atoms with Gasteiger partial charge in [-0.2, -0.15) is 0 Å². The Kier molecular flexibility index (Phi) is 3.43. The topological polar surface area (TPSA) is 29.5 Å². The minimum Gasteiger partial charge on any atom is -0.460 e. The second-order valence-electron chi connectivity index (χ2n) is 6.10. The normalized spacial score (nSPS) is 27.9. The summed E-state index contributed by atoms with van der Waals surface area (Å²) in [6.45, 7) is 3.28. The molecule has 2 bridgehead atoms. The van der Waals surface area contributed by atoms with Crippen LogP contribution < -0.4 is 0 Å². The molecule has 4 heteroatoms. The highest BCUT2D eigenvalue weighted by atomic mass is 32.1. The number of carbonyl (C=O) groups is 1. The second kappa shape index (κ2) is 5.43. The minimum atomic E-state index is -0.0744. The van der Waals surface area contributed by atoms with Crippen molar-refractivity contribution in [3.63, 3.8) is 0 Å². The maximum Gasteiger partial charge on any atom is 0.310 e. The lowest BCUT2D eigenvalue weighted by Gasteiger charge is -2.43. The van der Waals surface area contributed by atoms with Crippen molar-refractivity contribution in [1.29, 1.82) is 0 Å². The van der Waals surface area contributed by atoms with Gasteiger partial charge in [-0.3, -0.25) is 9.69 Å². The van der Waals surface area contributed by atoms with Crippen LogP contribution in [-0.2, 0) is 16.0 Å². The number of esters is 1. The molecule has 4 heterocycles. The Hall–Kier alpha value is -1.39. The van der Waals surface area contributed by atoms with Gasteiger partial charge in [0.05, 0.1) is 6.42 Å². The molecule has 3 aliphatic rings. The molecule has 5 rings (SSSR count). The molecule has 1 aromatic carbocycles. The molecule has 3 aliphatic heterocycles. The highest BCUT2D eigenvalue weighted by molar-refractivity contribution is 7.17. The molecular formula is C17H19NO2S. The zero-order chi connectivity index (χ0) is 14.2. The summed E-state index contributed by atoms with van der Waals surface area (Å²) in [5.74, 6) is 0.506. The molecule has 3 nitrogen and oxygen atoms in total. The molecule has 3 saturated heterocycles. The van der Waals surface area contributed by atoms with Crippen LogP contribution in [0.25, 0.3) is 10.1 Å². The molecule has 1 aromatic heterocycles. The number of carbonyl (C=O) groups excluding carboxylic acids is 1. The fraction of sp³-hybridized carbons (Fsp3) is 0.471. The van der Waals surface area contributed by atoms with Crippen LogP contribution in [0.2, 0.25) is 0 Å². The summed E-state index contributed by atoms with van der Waals surface area (Å²) in [6, 6.07) is 8.25. The SMILES string of the molecule is O=C(Cc1cccc2ccsc12)O[C@H]1CN2CCC1CC2. The fourth-order valence-electron chi connectivity index (χ4n) is 3.60. The van der Waals surface area contributed by atoms with Gasteiger partial charge in [0.2, 0.25) is 0 Å². The average molecular weight is 301 g/mol. The maximum absolute atomic E-state index is 12.3. The third-order valence-electron chi connectivity index (χ3n) is 4.77. The summed E-state index contributed by atoms with van der Waals surface area (Å²) >= 11 is 1.70. The Bertz CT molecular complexity index is 658. The van der Waals surface area contributed by atoms with Gasteiger partial charge >= 0.3 is 5.97 Å². The third-order valence-corrected chi connectivity index (χ3v) is 5.78. The van der Waals surface area contributed by atoms with Gasteiger partial charge in [-0.1, -0.05) is 18.2 Å². The predicted molar refractivity (Wildman–Crippen MR) is 84.6 cm³/mol. The number of fused-ring (bicyclic) bond motifs is 4. The van der Waals surface area contributed by atoms with Crippen LogP contribution in [0, 0.1) is 5.92 Å². The lowest BCUT2D eigenvalue weighted by molar-refractivity contribution is -0.157. The molecule has 3 fully saturated rings. The van der Waals surface area contributed by atoms with Crippen LogP contribution in [0.1, 0.15) is 18.4 Å². The molecular weight excluding hydrogens is 282 g/mol. The Morgan fingerprint density at radius 2 is 2.14 bits per heavy atom. The lowest BCUT2D eigenvalue weighted by Crippen LogP contribution is -2.52. The van der Waals surface area contributed by atoms with Crippen molar-refractivity contribution in [2.45, 2.75) is 25.4 Å². The van der Waals surface area contributed by atoms with Gasteiger partial charge in [0.25, 0.3) is 0 Å². The average Bonchev–Trinajstić information content (AvgIpc) is 2.98. The number of rotatable bonds is 3. The van der Waals surface area contributed by atoms with Crippen molar-refractivity contribution in [3.05, 3.63) is 35.2 Å². The van der Waals surface area contributed by atoms with Crippen LogP contribution in [0.3, 0.4) is 0 Å². The van der Waals surface area contributed by atoms with E-state index >= 15 is 0 Å². The Morgan fingerprint density at radius 3 is 2.90 bits per heavy atom. The minimum absolute atomic E-state index is 0.0744. The van der Waals surface area contributed by atoms with Gasteiger partial charge < -0.3 is 4.74 Å². The van der Waals surface area contributed by atoms with Crippen molar-refractivity contribution in [3.8, 4) is 0 Å². The zero-order valence-corrected chi connectivity index (χ0v) is 12.8. The van der Waals surface area contributed by atoms with E-state index in [2.05, 4.69) is 22.4 Å². The van der Waals surface area contributed by atoms with Crippen LogP contribution in [0.4, 0.5) is 0 Å². The Labute approximate surface area is 128 Å². The predicted octanol–water partition coefficient (Wildman–Crippen LogP) is 3.08. The van der Waals surface area contributed by atoms with E-state index in [1.807, 2.05) is 12.1 Å². The summed E-state index contributed by atoms with van der Waals surface area (Å²) in [6.07, 6.45) is 2.86. The molecule has 0 aliphatic carbocycles. The third kappa shape index (κ3) is 2.58. The molecule has 0 N–H and O–H groups in total. The molecule has 110 valence electrons. The van der Waals surface area contributed by atoms with Gasteiger partial charge in [-0.25, -0.2) is 0 Å². The van der Waals surface area contributed by atoms with E-state index < -0.39 is 0 Å². The highest BCUT2D eigenvalue weighted by Gasteiger charge is 2.36. The first kappa shape index (κ1) is 13.3. The number of thiophene rings is 1. The summed E-state index contributed by atoms with van der Waals surface area (Å²) in [7, 11) is 0. The van der Waals surface area contributed by atoms with Crippen LogP contribution in [0.5, 0.6) is 0 Å². The van der Waals surface area contributed by atoms with Gasteiger partial charge in [0, 0.05) is 11.2 Å². The van der Waals surface area contributed by atoms with Crippen molar-refractivity contribution in [2.24, 2.45) is 5.92 Å². The Balaban J connectivity index is 1.45. The first-order valence-corrected chi connectivity index (χ1v) is 8.54. The maximum atomic E-state index is 12.3. The molecule has 0 unspecified atom stereocenters. The number of piperidine rings is 3. The van der Waals surface area contributed by atoms with E-state index in [4.69, 9.17) is 4.74 Å². The second-order valence-corrected chi connectivity index (χ2v) is 7.02. The van der Waals surface area contributed by atoms with Crippen LogP contribution in [0.15, 0.2) is 29.6 Å². The molecule has 2 aromatic rings. The highest BCUT2D eigenvalue weighted by Crippen LogP contribution is 2.30. The van der Waals surface area contributed by atoms with Gasteiger partial charge in [-0.15, -0.1) is 11.3 Å². The fourth-order valence-corrected chi connectivity index (χ4v) is 4.52. The zero-order valence-electron chi connectivity index (χ0n) is 12.0. The van der Waals surface area contributed by atoms with Crippen LogP contribution in [-0.4, -0.2) is 36.6 Å². The van der Waals surface area contributed by atoms with E-state index in [1.165, 1.54) is 36.0 Å².